The van der Waals surface area contributed by atoms with Gasteiger partial charge in [-0.25, -0.2) is 0 Å². The highest BCUT2D eigenvalue weighted by Crippen LogP contribution is 2.49. The van der Waals surface area contributed by atoms with E-state index in [1.807, 2.05) is 44.2 Å². The second kappa shape index (κ2) is 6.84. The second-order valence-electron chi connectivity index (χ2n) is 5.15. The van der Waals surface area contributed by atoms with Crippen LogP contribution in [0.15, 0.2) is 41.6 Å². The molecule has 1 aliphatic rings. The van der Waals surface area contributed by atoms with E-state index in [4.69, 9.17) is 0 Å². The smallest absolute Gasteiger partial charge is 0.268 e. The van der Waals surface area contributed by atoms with Crippen LogP contribution in [0.1, 0.15) is 19.4 Å². The van der Waals surface area contributed by atoms with E-state index in [1.54, 1.807) is 0 Å². The van der Waals surface area contributed by atoms with Gasteiger partial charge >= 0.3 is 0 Å². The van der Waals surface area contributed by atoms with Crippen molar-refractivity contribution in [3.63, 3.8) is 0 Å². The summed E-state index contributed by atoms with van der Waals surface area (Å²) in [6.45, 7) is 4.04. The first kappa shape index (κ1) is 17.7. The van der Waals surface area contributed by atoms with Crippen LogP contribution in [0.25, 0.3) is 0 Å². The van der Waals surface area contributed by atoms with Crippen LogP contribution in [0.2, 0.25) is 0 Å². The molecule has 1 unspecified atom stereocenters. The number of benzene rings is 1. The summed E-state index contributed by atoms with van der Waals surface area (Å²) in [7, 11) is 0. The number of rotatable bonds is 4. The lowest BCUT2D eigenvalue weighted by atomic mass is 10.1. The highest BCUT2D eigenvalue weighted by Gasteiger charge is 2.59. The molecule has 1 aromatic rings. The number of amides is 2. The topological polar surface area (TPSA) is 49.4 Å². The molecule has 4 nitrogen and oxygen atoms in total. The molecule has 2 rings (SSSR count). The molecule has 7 heteroatoms. The van der Waals surface area contributed by atoms with Gasteiger partial charge in [0.05, 0.1) is 0 Å². The first-order chi connectivity index (χ1) is 10.3. The van der Waals surface area contributed by atoms with Gasteiger partial charge in [-0.1, -0.05) is 78.1 Å². The third-order valence-corrected chi connectivity index (χ3v) is 7.13. The van der Waals surface area contributed by atoms with E-state index in [0.717, 1.165) is 11.1 Å². The Labute approximate surface area is 154 Å². The highest BCUT2D eigenvalue weighted by molar-refractivity contribution is 9.26. The highest BCUT2D eigenvalue weighted by atomic mass is 79.9. The van der Waals surface area contributed by atoms with Gasteiger partial charge in [-0.15, -0.1) is 0 Å². The van der Waals surface area contributed by atoms with Crippen LogP contribution in [-0.4, -0.2) is 24.9 Å². The number of halogens is 3. The van der Waals surface area contributed by atoms with E-state index < -0.39 is 3.23 Å². The predicted molar refractivity (Wildman–Crippen MR) is 96.8 cm³/mol. The molecular weight excluding hydrogens is 480 g/mol. The summed E-state index contributed by atoms with van der Waals surface area (Å²) in [5.41, 5.74) is 2.15. The van der Waals surface area contributed by atoms with Gasteiger partial charge in [0.15, 0.2) is 3.23 Å². The third kappa shape index (κ3) is 3.31. The van der Waals surface area contributed by atoms with Gasteiger partial charge in [-0.2, -0.15) is 0 Å². The lowest BCUT2D eigenvalue weighted by Gasteiger charge is -2.47. The minimum atomic E-state index is -0.861. The summed E-state index contributed by atoms with van der Waals surface area (Å²) in [4.78, 5) is 25.8. The van der Waals surface area contributed by atoms with Crippen molar-refractivity contribution in [2.45, 2.75) is 28.6 Å². The summed E-state index contributed by atoms with van der Waals surface area (Å²) in [6, 6.07) is 9.63. The molecule has 1 fully saturated rings. The number of hydrogen-bond acceptors (Lipinski definition) is 2. The van der Waals surface area contributed by atoms with Crippen molar-refractivity contribution >= 4 is 59.6 Å². The zero-order valence-corrected chi connectivity index (χ0v) is 16.8. The van der Waals surface area contributed by atoms with E-state index in [1.165, 1.54) is 4.90 Å². The normalized spacial score (nSPS) is 19.4. The van der Waals surface area contributed by atoms with Crippen LogP contribution >= 0.6 is 47.8 Å². The van der Waals surface area contributed by atoms with Crippen LogP contribution in [0.3, 0.4) is 0 Å². The molecule has 0 aliphatic carbocycles. The molecule has 0 radical (unpaired) electrons. The molecule has 0 bridgehead atoms. The lowest BCUT2D eigenvalue weighted by Crippen LogP contribution is -2.65. The summed E-state index contributed by atoms with van der Waals surface area (Å²) in [6.07, 6.45) is 0. The van der Waals surface area contributed by atoms with Crippen LogP contribution in [0, 0.1) is 0 Å². The van der Waals surface area contributed by atoms with E-state index in [-0.39, 0.29) is 16.8 Å². The average molecular weight is 495 g/mol. The molecule has 1 heterocycles. The minimum absolute atomic E-state index is 0.208. The number of alkyl halides is 3. The molecule has 1 atom stereocenters. The summed E-state index contributed by atoms with van der Waals surface area (Å²) in [5, 5.41) is 2.86. The standard InChI is InChI=1S/C15H15Br3N2O2/c1-9(2)11(20-13(16)15(17,18)14(20)22)12(21)19-8-10-6-4-3-5-7-10/h3-7,13H,8H2,1-2H3,(H,19,21). The fraction of sp³-hybridized carbons (Fsp3) is 0.333. The Bertz CT molecular complexity index is 625. The molecule has 118 valence electrons. The Morgan fingerprint density at radius 2 is 1.86 bits per heavy atom. The van der Waals surface area contributed by atoms with E-state index in [2.05, 4.69) is 53.1 Å². The van der Waals surface area contributed by atoms with Crippen LogP contribution in [0.4, 0.5) is 0 Å². The Kier molecular flexibility index (Phi) is 5.50. The van der Waals surface area contributed by atoms with Gasteiger partial charge in [0.2, 0.25) is 0 Å². The van der Waals surface area contributed by atoms with Crippen molar-refractivity contribution in [3.05, 3.63) is 47.2 Å². The van der Waals surface area contributed by atoms with E-state index in [0.29, 0.717) is 12.2 Å². The van der Waals surface area contributed by atoms with Crippen molar-refractivity contribution in [2.75, 3.05) is 0 Å². The molecule has 1 aromatic carbocycles. The van der Waals surface area contributed by atoms with E-state index in [9.17, 15) is 9.59 Å². The third-order valence-electron chi connectivity index (χ3n) is 3.26. The molecule has 1 N–H and O–H groups in total. The first-order valence-electron chi connectivity index (χ1n) is 6.62. The fourth-order valence-corrected chi connectivity index (χ4v) is 3.49. The van der Waals surface area contributed by atoms with E-state index >= 15 is 0 Å². The summed E-state index contributed by atoms with van der Waals surface area (Å²) < 4.78 is -0.861. The SMILES string of the molecule is CC(C)=C(C(=O)NCc1ccccc1)N1C(=O)C(Br)(Br)C1Br. The van der Waals surface area contributed by atoms with Gasteiger partial charge in [-0.3, -0.25) is 14.5 Å². The fourth-order valence-electron chi connectivity index (χ4n) is 2.12. The molecule has 1 saturated heterocycles. The average Bonchev–Trinajstić information content (AvgIpc) is 2.50. The van der Waals surface area contributed by atoms with Crippen molar-refractivity contribution in [2.24, 2.45) is 0 Å². The first-order valence-corrected chi connectivity index (χ1v) is 9.12. The van der Waals surface area contributed by atoms with Crippen LogP contribution in [0.5, 0.6) is 0 Å². The Hall–Kier alpha value is -0.660. The Balaban J connectivity index is 2.12. The summed E-state index contributed by atoms with van der Waals surface area (Å²) >= 11 is 10.0. The van der Waals surface area contributed by atoms with Gasteiger partial charge in [0, 0.05) is 6.54 Å². The number of carbonyl (C=O) groups excluding carboxylic acids is 2. The number of nitrogens with one attached hydrogen (secondary N) is 1. The minimum Gasteiger partial charge on any atom is -0.347 e. The molecule has 1 aliphatic heterocycles. The number of β-lactam (4-membered cyclic amide) rings is 1. The molecule has 0 aromatic heterocycles. The maximum absolute atomic E-state index is 12.5. The molecule has 0 saturated carbocycles. The van der Waals surface area contributed by atoms with Crippen molar-refractivity contribution < 1.29 is 9.59 Å². The molecule has 2 amide bonds. The van der Waals surface area contributed by atoms with Crippen molar-refractivity contribution in [3.8, 4) is 0 Å². The maximum Gasteiger partial charge on any atom is 0.268 e. The number of likely N-dealkylation sites (tertiary alicyclic amines) is 1. The molecular formula is C15H15Br3N2O2. The van der Waals surface area contributed by atoms with Gasteiger partial charge < -0.3 is 5.32 Å². The number of carbonyl (C=O) groups is 2. The maximum atomic E-state index is 12.5. The quantitative estimate of drug-likeness (QED) is 0.301. The van der Waals surface area contributed by atoms with Gasteiger partial charge in [0.25, 0.3) is 11.8 Å². The zero-order chi connectivity index (χ0) is 16.5. The van der Waals surface area contributed by atoms with Gasteiger partial charge in [-0.05, 0) is 25.0 Å². The number of hydrogen-bond donors (Lipinski definition) is 1. The van der Waals surface area contributed by atoms with Crippen LogP contribution in [-0.2, 0) is 16.1 Å². The Morgan fingerprint density at radius 1 is 1.27 bits per heavy atom. The number of nitrogens with zero attached hydrogens (tertiary/aromatic N) is 1. The zero-order valence-electron chi connectivity index (χ0n) is 12.1. The molecule has 0 spiro atoms. The Morgan fingerprint density at radius 3 is 2.36 bits per heavy atom. The predicted octanol–water partition coefficient (Wildman–Crippen LogP) is 3.65. The largest absolute Gasteiger partial charge is 0.347 e. The second-order valence-corrected chi connectivity index (χ2v) is 9.58. The monoisotopic (exact) mass is 492 g/mol. The van der Waals surface area contributed by atoms with Crippen LogP contribution < -0.4 is 5.32 Å². The molecule has 22 heavy (non-hydrogen) atoms. The van der Waals surface area contributed by atoms with Gasteiger partial charge in [0.1, 0.15) is 10.6 Å². The van der Waals surface area contributed by atoms with Crippen molar-refractivity contribution in [1.82, 2.24) is 10.2 Å². The van der Waals surface area contributed by atoms with Crippen molar-refractivity contribution in [1.29, 1.82) is 0 Å². The lowest BCUT2D eigenvalue weighted by molar-refractivity contribution is -0.141. The summed E-state index contributed by atoms with van der Waals surface area (Å²) in [5.74, 6) is -0.474. The number of allylic oxidation sites excluding steroid dienone is 1.